The van der Waals surface area contributed by atoms with Crippen molar-refractivity contribution in [3.05, 3.63) is 60.2 Å². The molecule has 0 radical (unpaired) electrons. The van der Waals surface area contributed by atoms with E-state index in [0.717, 1.165) is 22.2 Å². The smallest absolute Gasteiger partial charge is 0.412 e. The van der Waals surface area contributed by atoms with Gasteiger partial charge in [0.15, 0.2) is 11.6 Å². The van der Waals surface area contributed by atoms with Gasteiger partial charge in [0.2, 0.25) is 11.8 Å². The van der Waals surface area contributed by atoms with Gasteiger partial charge in [0.25, 0.3) is 0 Å². The van der Waals surface area contributed by atoms with E-state index in [1.54, 1.807) is 31.5 Å². The lowest BCUT2D eigenvalue weighted by atomic mass is 10.1. The summed E-state index contributed by atoms with van der Waals surface area (Å²) >= 11 is 1.41. The lowest BCUT2D eigenvalue weighted by Gasteiger charge is -2.22. The summed E-state index contributed by atoms with van der Waals surface area (Å²) in [5.41, 5.74) is 4.15. The van der Waals surface area contributed by atoms with Crippen LogP contribution in [0.25, 0.3) is 31.8 Å². The molecule has 1 saturated carbocycles. The largest absolute Gasteiger partial charge is 0.483 e. The molecular formula is C29H26FN5O5S. The zero-order valence-electron chi connectivity index (χ0n) is 22.5. The Balaban J connectivity index is 1.21. The predicted molar refractivity (Wildman–Crippen MR) is 152 cm³/mol. The third-order valence-electron chi connectivity index (χ3n) is 6.77. The molecule has 1 amide bonds. The third-order valence-corrected chi connectivity index (χ3v) is 7.82. The Hall–Kier alpha value is -4.58. The van der Waals surface area contributed by atoms with E-state index < -0.39 is 24.1 Å². The summed E-state index contributed by atoms with van der Waals surface area (Å²) in [6.45, 7) is 1.97. The minimum absolute atomic E-state index is 0.0894. The normalized spacial score (nSPS) is 16.6. The number of aromatic nitrogens is 4. The summed E-state index contributed by atoms with van der Waals surface area (Å²) < 4.78 is 37.9. The fourth-order valence-corrected chi connectivity index (χ4v) is 5.82. The molecule has 6 rings (SSSR count). The summed E-state index contributed by atoms with van der Waals surface area (Å²) in [6, 6.07) is 10.2. The highest BCUT2D eigenvalue weighted by molar-refractivity contribution is 7.21. The zero-order valence-corrected chi connectivity index (χ0v) is 23.3. The number of amides is 1. The average Bonchev–Trinajstić information content (AvgIpc) is 3.58. The first-order valence-electron chi connectivity index (χ1n) is 13.0. The predicted octanol–water partition coefficient (Wildman–Crippen LogP) is 6.31. The monoisotopic (exact) mass is 575 g/mol. The van der Waals surface area contributed by atoms with Crippen LogP contribution in [-0.4, -0.2) is 52.5 Å². The van der Waals surface area contributed by atoms with Crippen molar-refractivity contribution in [2.45, 2.75) is 38.4 Å². The molecule has 0 bridgehead atoms. The Morgan fingerprint density at radius 1 is 0.976 bits per heavy atom. The number of anilines is 1. The maximum absolute atomic E-state index is 15.2. The van der Waals surface area contributed by atoms with E-state index in [1.807, 2.05) is 19.1 Å². The number of fused-ring (bicyclic) bond motifs is 2. The van der Waals surface area contributed by atoms with E-state index >= 15 is 4.39 Å². The number of nitrogens with zero attached hydrogens (tertiary/aromatic N) is 4. The Morgan fingerprint density at radius 3 is 2.59 bits per heavy atom. The van der Waals surface area contributed by atoms with Gasteiger partial charge in [0.05, 0.1) is 53.6 Å². The number of pyridine rings is 1. The number of carbonyl (C=O) groups is 1. The molecule has 0 unspecified atom stereocenters. The molecule has 1 aliphatic carbocycles. The number of ether oxygens (including phenoxy) is 4. The van der Waals surface area contributed by atoms with Crippen LogP contribution in [0.4, 0.5) is 14.9 Å². The van der Waals surface area contributed by atoms with Crippen LogP contribution in [0.3, 0.4) is 0 Å². The Morgan fingerprint density at radius 2 is 1.80 bits per heavy atom. The quantitative estimate of drug-likeness (QED) is 0.238. The molecule has 3 heterocycles. The number of carbonyl (C=O) groups excluding carboxylic acids is 1. The van der Waals surface area contributed by atoms with Gasteiger partial charge >= 0.3 is 6.09 Å². The minimum atomic E-state index is -0.633. The van der Waals surface area contributed by atoms with Crippen molar-refractivity contribution < 1.29 is 28.1 Å². The molecular weight excluding hydrogens is 549 g/mol. The molecule has 210 valence electrons. The molecule has 3 aromatic heterocycles. The van der Waals surface area contributed by atoms with Crippen molar-refractivity contribution in [1.29, 1.82) is 0 Å². The molecule has 1 aliphatic rings. The van der Waals surface area contributed by atoms with Crippen LogP contribution in [0.2, 0.25) is 0 Å². The molecule has 0 spiro atoms. The van der Waals surface area contributed by atoms with Crippen LogP contribution >= 0.6 is 11.3 Å². The standard InChI is InChI=1S/C29H26FN5O5S/c1-15-9-17(27-20(10-15)34-26(38-3)14-32-27)28-35-19-11-18(30)23(12-24(19)41-28)39-21-5-4-6-22(21)40-29(36)33-16-7-8-25(37-2)31-13-16/h7-14,21-22H,4-6H2,1-3H3,(H,33,36)/t21-,22+/m1/s1. The highest BCUT2D eigenvalue weighted by atomic mass is 32.1. The van der Waals surface area contributed by atoms with Gasteiger partial charge in [-0.05, 0) is 49.9 Å². The van der Waals surface area contributed by atoms with Crippen LogP contribution in [0.1, 0.15) is 24.8 Å². The second kappa shape index (κ2) is 11.1. The molecule has 0 saturated heterocycles. The number of thiazole rings is 1. The fourth-order valence-electron chi connectivity index (χ4n) is 4.83. The minimum Gasteiger partial charge on any atom is -0.483 e. The summed E-state index contributed by atoms with van der Waals surface area (Å²) in [4.78, 5) is 30.3. The van der Waals surface area contributed by atoms with Gasteiger partial charge in [-0.3, -0.25) is 5.32 Å². The number of halogens is 1. The van der Waals surface area contributed by atoms with E-state index in [1.165, 1.54) is 30.7 Å². The second-order valence-corrected chi connectivity index (χ2v) is 10.6. The first-order chi connectivity index (χ1) is 19.9. The van der Waals surface area contributed by atoms with Crippen molar-refractivity contribution in [2.75, 3.05) is 19.5 Å². The molecule has 0 aliphatic heterocycles. The molecule has 5 aromatic rings. The van der Waals surface area contributed by atoms with Crippen LogP contribution in [0.15, 0.2) is 48.8 Å². The molecule has 2 atom stereocenters. The number of hydrogen-bond acceptors (Lipinski definition) is 10. The number of nitrogens with one attached hydrogen (secondary N) is 1. The van der Waals surface area contributed by atoms with Gasteiger partial charge in [-0.25, -0.2) is 29.1 Å². The SMILES string of the molecule is COc1ccc(NC(=O)O[C@H]2CCC[C@H]2Oc2cc3sc(-c4cc(C)cc5nc(OC)cnc45)nc3cc2F)cn1. The topological polar surface area (TPSA) is 118 Å². The third kappa shape index (κ3) is 5.55. The number of rotatable bonds is 7. The van der Waals surface area contributed by atoms with Gasteiger partial charge in [-0.2, -0.15) is 0 Å². The van der Waals surface area contributed by atoms with Crippen LogP contribution in [-0.2, 0) is 4.74 Å². The maximum Gasteiger partial charge on any atom is 0.412 e. The average molecular weight is 576 g/mol. The molecule has 41 heavy (non-hydrogen) atoms. The Bertz CT molecular complexity index is 1750. The van der Waals surface area contributed by atoms with Gasteiger partial charge in [-0.1, -0.05) is 0 Å². The summed E-state index contributed by atoms with van der Waals surface area (Å²) in [5, 5.41) is 3.34. The summed E-state index contributed by atoms with van der Waals surface area (Å²) in [6.07, 6.45) is 3.42. The van der Waals surface area contributed by atoms with Crippen molar-refractivity contribution in [3.63, 3.8) is 0 Å². The van der Waals surface area contributed by atoms with E-state index in [-0.39, 0.29) is 5.75 Å². The fraction of sp³-hybridized carbons (Fsp3) is 0.276. The van der Waals surface area contributed by atoms with Crippen molar-refractivity contribution >= 4 is 44.4 Å². The highest BCUT2D eigenvalue weighted by Gasteiger charge is 2.33. The van der Waals surface area contributed by atoms with E-state index in [4.69, 9.17) is 18.9 Å². The number of benzene rings is 2. The van der Waals surface area contributed by atoms with Gasteiger partial charge in [0.1, 0.15) is 17.2 Å². The van der Waals surface area contributed by atoms with Crippen molar-refractivity contribution in [2.24, 2.45) is 0 Å². The molecule has 12 heteroatoms. The first-order valence-corrected chi connectivity index (χ1v) is 13.8. The highest BCUT2D eigenvalue weighted by Crippen LogP contribution is 2.38. The molecule has 1 N–H and O–H groups in total. The zero-order chi connectivity index (χ0) is 28.5. The number of aryl methyl sites for hydroxylation is 1. The summed E-state index contributed by atoms with van der Waals surface area (Å²) in [7, 11) is 3.06. The van der Waals surface area contributed by atoms with Gasteiger partial charge in [-0.15, -0.1) is 11.3 Å². The van der Waals surface area contributed by atoms with E-state index in [9.17, 15) is 4.79 Å². The van der Waals surface area contributed by atoms with Crippen molar-refractivity contribution in [1.82, 2.24) is 19.9 Å². The van der Waals surface area contributed by atoms with E-state index in [2.05, 4.69) is 25.3 Å². The van der Waals surface area contributed by atoms with Gasteiger partial charge in [0, 0.05) is 23.8 Å². The Labute approximate surface area is 238 Å². The number of methoxy groups -OCH3 is 2. The van der Waals surface area contributed by atoms with Crippen LogP contribution in [0.5, 0.6) is 17.5 Å². The molecule has 10 nitrogen and oxygen atoms in total. The molecule has 1 fully saturated rings. The Kier molecular flexibility index (Phi) is 7.23. The van der Waals surface area contributed by atoms with E-state index in [0.29, 0.717) is 51.8 Å². The number of hydrogen-bond donors (Lipinski definition) is 1. The van der Waals surface area contributed by atoms with Crippen LogP contribution < -0.4 is 19.5 Å². The van der Waals surface area contributed by atoms with Crippen LogP contribution in [0, 0.1) is 12.7 Å². The molecule has 2 aromatic carbocycles. The lowest BCUT2D eigenvalue weighted by molar-refractivity contribution is 0.0401. The first kappa shape index (κ1) is 26.6. The van der Waals surface area contributed by atoms with Crippen molar-refractivity contribution in [3.8, 4) is 28.1 Å². The lowest BCUT2D eigenvalue weighted by Crippen LogP contribution is -2.32. The second-order valence-electron chi connectivity index (χ2n) is 9.61. The van der Waals surface area contributed by atoms with Gasteiger partial charge < -0.3 is 18.9 Å². The summed E-state index contributed by atoms with van der Waals surface area (Å²) in [5.74, 6) is 0.410. The maximum atomic E-state index is 15.2.